The predicted octanol–water partition coefficient (Wildman–Crippen LogP) is 4.30. The Morgan fingerprint density at radius 3 is 2.78 bits per heavy atom. The molecule has 2 aliphatic rings. The fourth-order valence-corrected chi connectivity index (χ4v) is 4.77. The van der Waals surface area contributed by atoms with E-state index in [0.29, 0.717) is 29.6 Å². The van der Waals surface area contributed by atoms with Gasteiger partial charge in [0.05, 0.1) is 12.1 Å². The van der Waals surface area contributed by atoms with Gasteiger partial charge in [-0.25, -0.2) is 4.98 Å². The second kappa shape index (κ2) is 10.0. The van der Waals surface area contributed by atoms with E-state index in [0.717, 1.165) is 43.8 Å². The Labute approximate surface area is 193 Å². The summed E-state index contributed by atoms with van der Waals surface area (Å²) in [5.74, 6) is 0.101. The van der Waals surface area contributed by atoms with Crippen LogP contribution in [0.25, 0.3) is 0 Å². The van der Waals surface area contributed by atoms with Crippen molar-refractivity contribution in [3.05, 3.63) is 41.0 Å². The van der Waals surface area contributed by atoms with Crippen LogP contribution in [0.5, 0.6) is 0 Å². The van der Waals surface area contributed by atoms with Crippen molar-refractivity contribution in [1.29, 1.82) is 0 Å². The SMILES string of the molecule is CCN1CCC(C(=O)O)CC1c1ccc(Nc2ncc(Cl)c(N(C)C3CCCO3)n2)cc1. The van der Waals surface area contributed by atoms with Gasteiger partial charge in [-0.1, -0.05) is 30.7 Å². The minimum absolute atomic E-state index is 0.0267. The minimum atomic E-state index is -0.701. The molecule has 0 saturated carbocycles. The van der Waals surface area contributed by atoms with Crippen LogP contribution < -0.4 is 10.2 Å². The van der Waals surface area contributed by atoms with Crippen molar-refractivity contribution in [1.82, 2.24) is 14.9 Å². The molecule has 8 nitrogen and oxygen atoms in total. The van der Waals surface area contributed by atoms with Crippen molar-refractivity contribution < 1.29 is 14.6 Å². The number of hydrogen-bond donors (Lipinski definition) is 2. The van der Waals surface area contributed by atoms with E-state index in [1.54, 1.807) is 6.20 Å². The van der Waals surface area contributed by atoms with Crippen molar-refractivity contribution in [3.8, 4) is 0 Å². The van der Waals surface area contributed by atoms with Gasteiger partial charge in [0.1, 0.15) is 11.3 Å². The molecule has 1 aromatic heterocycles. The summed E-state index contributed by atoms with van der Waals surface area (Å²) in [4.78, 5) is 24.7. The van der Waals surface area contributed by atoms with Crippen LogP contribution in [-0.4, -0.2) is 58.9 Å². The van der Waals surface area contributed by atoms with Gasteiger partial charge in [0.15, 0.2) is 5.82 Å². The summed E-state index contributed by atoms with van der Waals surface area (Å²) < 4.78 is 5.74. The Morgan fingerprint density at radius 1 is 1.34 bits per heavy atom. The zero-order valence-electron chi connectivity index (χ0n) is 18.5. The number of hydrogen-bond acceptors (Lipinski definition) is 7. The van der Waals surface area contributed by atoms with Crippen LogP contribution in [0, 0.1) is 5.92 Å². The number of aromatic nitrogens is 2. The van der Waals surface area contributed by atoms with Crippen molar-refractivity contribution in [3.63, 3.8) is 0 Å². The Morgan fingerprint density at radius 2 is 2.12 bits per heavy atom. The zero-order chi connectivity index (χ0) is 22.7. The fourth-order valence-electron chi connectivity index (χ4n) is 4.55. The van der Waals surface area contributed by atoms with Gasteiger partial charge < -0.3 is 20.1 Å². The molecule has 0 spiro atoms. The van der Waals surface area contributed by atoms with Crippen molar-refractivity contribution >= 4 is 35.0 Å². The first-order valence-electron chi connectivity index (χ1n) is 11.2. The van der Waals surface area contributed by atoms with Gasteiger partial charge >= 0.3 is 5.97 Å². The summed E-state index contributed by atoms with van der Waals surface area (Å²) in [7, 11) is 1.93. The molecule has 2 N–H and O–H groups in total. The van der Waals surface area contributed by atoms with E-state index in [4.69, 9.17) is 16.3 Å². The number of likely N-dealkylation sites (tertiary alicyclic amines) is 1. The van der Waals surface area contributed by atoms with Crippen molar-refractivity contribution in [2.75, 3.05) is 37.0 Å². The molecule has 3 unspecified atom stereocenters. The Kier molecular flexibility index (Phi) is 7.13. The summed E-state index contributed by atoms with van der Waals surface area (Å²) in [6.07, 6.45) is 4.88. The molecule has 2 fully saturated rings. The first-order chi connectivity index (χ1) is 15.5. The van der Waals surface area contributed by atoms with Crippen LogP contribution in [-0.2, 0) is 9.53 Å². The van der Waals surface area contributed by atoms with Crippen LogP contribution in [0.15, 0.2) is 30.5 Å². The highest BCUT2D eigenvalue weighted by atomic mass is 35.5. The Hall–Kier alpha value is -2.42. The molecule has 0 aliphatic carbocycles. The second-order valence-corrected chi connectivity index (χ2v) is 8.80. The third kappa shape index (κ3) is 4.98. The quantitative estimate of drug-likeness (QED) is 0.633. The molecule has 0 amide bonds. The van der Waals surface area contributed by atoms with E-state index >= 15 is 0 Å². The molecule has 4 rings (SSSR count). The van der Waals surface area contributed by atoms with E-state index in [9.17, 15) is 9.90 Å². The molecule has 2 aromatic rings. The number of carboxylic acid groups (broad SMARTS) is 1. The maximum absolute atomic E-state index is 11.5. The summed E-state index contributed by atoms with van der Waals surface area (Å²) in [5.41, 5.74) is 1.98. The van der Waals surface area contributed by atoms with Gasteiger partial charge in [-0.15, -0.1) is 0 Å². The first kappa shape index (κ1) is 22.8. The highest BCUT2D eigenvalue weighted by Gasteiger charge is 2.32. The minimum Gasteiger partial charge on any atom is -0.481 e. The van der Waals surface area contributed by atoms with Crippen LogP contribution in [0.3, 0.4) is 0 Å². The van der Waals surface area contributed by atoms with Crippen LogP contribution in [0.4, 0.5) is 17.5 Å². The average Bonchev–Trinajstić information content (AvgIpc) is 3.35. The van der Waals surface area contributed by atoms with Crippen LogP contribution >= 0.6 is 11.6 Å². The third-order valence-corrected chi connectivity index (χ3v) is 6.68. The standard InChI is InChI=1S/C23H30ClN5O3/c1-3-29-11-10-16(22(30)31)13-19(29)15-6-8-17(9-7-15)26-23-25-14-18(24)21(27-23)28(2)20-5-4-12-32-20/h6-9,14,16,19-20H,3-5,10-13H2,1-2H3,(H,30,31)(H,25,26,27). The molecule has 9 heteroatoms. The largest absolute Gasteiger partial charge is 0.481 e. The molecular formula is C23H30ClN5O3. The molecule has 3 heterocycles. The van der Waals surface area contributed by atoms with Crippen LogP contribution in [0.2, 0.25) is 5.02 Å². The van der Waals surface area contributed by atoms with Gasteiger partial charge in [-0.05, 0) is 56.5 Å². The summed E-state index contributed by atoms with van der Waals surface area (Å²) >= 11 is 6.34. The van der Waals surface area contributed by atoms with Gasteiger partial charge in [0.25, 0.3) is 0 Å². The van der Waals surface area contributed by atoms with E-state index in [-0.39, 0.29) is 18.2 Å². The first-order valence-corrected chi connectivity index (χ1v) is 11.5. The fraction of sp³-hybridized carbons (Fsp3) is 0.522. The Bertz CT molecular complexity index is 936. The zero-order valence-corrected chi connectivity index (χ0v) is 19.3. The lowest BCUT2D eigenvalue weighted by Gasteiger charge is -2.38. The van der Waals surface area contributed by atoms with Gasteiger partial charge in [-0.3, -0.25) is 9.69 Å². The van der Waals surface area contributed by atoms with E-state index in [1.165, 1.54) is 0 Å². The van der Waals surface area contributed by atoms with Gasteiger partial charge in [-0.2, -0.15) is 4.98 Å². The molecule has 32 heavy (non-hydrogen) atoms. The van der Waals surface area contributed by atoms with E-state index in [1.807, 2.05) is 24.1 Å². The number of anilines is 3. The molecule has 3 atom stereocenters. The number of rotatable bonds is 7. The molecule has 0 bridgehead atoms. The lowest BCUT2D eigenvalue weighted by atomic mass is 9.87. The average molecular weight is 460 g/mol. The van der Waals surface area contributed by atoms with Gasteiger partial charge in [0.2, 0.25) is 5.95 Å². The predicted molar refractivity (Wildman–Crippen MR) is 124 cm³/mol. The molecule has 172 valence electrons. The smallest absolute Gasteiger partial charge is 0.306 e. The lowest BCUT2D eigenvalue weighted by molar-refractivity contribution is -0.144. The van der Waals surface area contributed by atoms with E-state index in [2.05, 4.69) is 39.2 Å². The number of ether oxygens (including phenoxy) is 1. The van der Waals surface area contributed by atoms with Gasteiger partial charge in [0, 0.05) is 25.4 Å². The molecule has 1 aromatic carbocycles. The number of nitrogens with zero attached hydrogens (tertiary/aromatic N) is 4. The number of carboxylic acids is 1. The Balaban J connectivity index is 1.47. The van der Waals surface area contributed by atoms with E-state index < -0.39 is 5.97 Å². The summed E-state index contributed by atoms with van der Waals surface area (Å²) in [6, 6.07) is 8.18. The number of aliphatic carboxylic acids is 1. The summed E-state index contributed by atoms with van der Waals surface area (Å²) in [6.45, 7) is 4.57. The number of carbonyl (C=O) groups is 1. The molecule has 0 radical (unpaired) electrons. The maximum atomic E-state index is 11.5. The normalized spacial score (nSPS) is 23.8. The summed E-state index contributed by atoms with van der Waals surface area (Å²) in [5, 5.41) is 13.2. The van der Waals surface area contributed by atoms with Crippen LogP contribution in [0.1, 0.15) is 44.2 Å². The number of benzene rings is 1. The molecule has 2 saturated heterocycles. The molecular weight excluding hydrogens is 430 g/mol. The number of nitrogens with one attached hydrogen (secondary N) is 1. The van der Waals surface area contributed by atoms with Crippen molar-refractivity contribution in [2.24, 2.45) is 5.92 Å². The topological polar surface area (TPSA) is 90.8 Å². The molecule has 2 aliphatic heterocycles. The van der Waals surface area contributed by atoms with Crippen molar-refractivity contribution in [2.45, 2.75) is 44.9 Å². The second-order valence-electron chi connectivity index (χ2n) is 8.39. The third-order valence-electron chi connectivity index (χ3n) is 6.42. The monoisotopic (exact) mass is 459 g/mol. The number of halogens is 1. The highest BCUT2D eigenvalue weighted by Crippen LogP contribution is 2.35. The highest BCUT2D eigenvalue weighted by molar-refractivity contribution is 6.32. The number of piperidine rings is 1. The maximum Gasteiger partial charge on any atom is 0.306 e. The lowest BCUT2D eigenvalue weighted by Crippen LogP contribution is -2.38.